The number of nitrogens with zero attached hydrogens (tertiary/aromatic N) is 5. The van der Waals surface area contributed by atoms with Crippen molar-refractivity contribution in [3.05, 3.63) is 35.7 Å². The minimum Gasteiger partial charge on any atom is -0.387 e. The zero-order valence-electron chi connectivity index (χ0n) is 12.0. The summed E-state index contributed by atoms with van der Waals surface area (Å²) in [5.41, 5.74) is 1.96. The Morgan fingerprint density at radius 1 is 1.40 bits per heavy atom. The van der Waals surface area contributed by atoms with Gasteiger partial charge in [-0.1, -0.05) is 0 Å². The molecule has 0 aliphatic carbocycles. The molecule has 0 saturated carbocycles. The van der Waals surface area contributed by atoms with Gasteiger partial charge in [-0.3, -0.25) is 9.58 Å². The molecule has 2 aromatic heterocycles. The summed E-state index contributed by atoms with van der Waals surface area (Å²) >= 11 is 0. The Morgan fingerprint density at radius 3 is 2.95 bits per heavy atom. The number of aromatic nitrogens is 4. The zero-order chi connectivity index (χ0) is 14.1. The first-order valence-electron chi connectivity index (χ1n) is 7.06. The Morgan fingerprint density at radius 2 is 2.25 bits per heavy atom. The molecule has 2 aromatic rings. The van der Waals surface area contributed by atoms with Gasteiger partial charge >= 0.3 is 0 Å². The highest BCUT2D eigenvalue weighted by Gasteiger charge is 2.19. The highest BCUT2D eigenvalue weighted by molar-refractivity contribution is 5.13. The van der Waals surface area contributed by atoms with Crippen LogP contribution in [0.25, 0.3) is 0 Å². The van der Waals surface area contributed by atoms with E-state index < -0.39 is 6.10 Å². The third-order valence-corrected chi connectivity index (χ3v) is 3.90. The van der Waals surface area contributed by atoms with Gasteiger partial charge in [0, 0.05) is 45.5 Å². The molecule has 0 amide bonds. The predicted octanol–water partition coefficient (Wildman–Crippen LogP) is 0.728. The highest BCUT2D eigenvalue weighted by atomic mass is 16.3. The van der Waals surface area contributed by atoms with Crippen LogP contribution in [0.5, 0.6) is 0 Å². The molecule has 3 rings (SSSR count). The van der Waals surface area contributed by atoms with Crippen LogP contribution >= 0.6 is 0 Å². The molecular weight excluding hydrogens is 254 g/mol. The zero-order valence-corrected chi connectivity index (χ0v) is 12.0. The lowest BCUT2D eigenvalue weighted by molar-refractivity contribution is 0.190. The van der Waals surface area contributed by atoms with Crippen LogP contribution in [0, 0.1) is 0 Å². The van der Waals surface area contributed by atoms with E-state index in [0.29, 0.717) is 0 Å². The van der Waals surface area contributed by atoms with Crippen molar-refractivity contribution in [3.63, 3.8) is 0 Å². The molecule has 0 saturated heterocycles. The van der Waals surface area contributed by atoms with E-state index >= 15 is 0 Å². The first kappa shape index (κ1) is 13.3. The normalized spacial score (nSPS) is 17.1. The van der Waals surface area contributed by atoms with Crippen molar-refractivity contribution in [1.29, 1.82) is 0 Å². The fourth-order valence-corrected chi connectivity index (χ4v) is 2.63. The lowest BCUT2D eigenvalue weighted by Gasteiger charge is -2.27. The van der Waals surface area contributed by atoms with E-state index in [0.717, 1.165) is 44.1 Å². The van der Waals surface area contributed by atoms with Gasteiger partial charge < -0.3 is 9.67 Å². The molecule has 1 aliphatic heterocycles. The van der Waals surface area contributed by atoms with Crippen LogP contribution < -0.4 is 0 Å². The molecule has 3 heterocycles. The molecule has 108 valence electrons. The van der Waals surface area contributed by atoms with E-state index in [2.05, 4.69) is 19.5 Å². The van der Waals surface area contributed by atoms with Gasteiger partial charge in [-0.2, -0.15) is 5.10 Å². The van der Waals surface area contributed by atoms with Crippen LogP contribution in [-0.2, 0) is 26.6 Å². The molecule has 20 heavy (non-hydrogen) atoms. The molecule has 1 unspecified atom stereocenters. The average molecular weight is 275 g/mol. The molecule has 0 radical (unpaired) electrons. The number of aliphatic hydroxyl groups excluding tert-OH is 1. The second-order valence-corrected chi connectivity index (χ2v) is 5.44. The van der Waals surface area contributed by atoms with Crippen molar-refractivity contribution in [2.75, 3.05) is 13.1 Å². The molecule has 6 heteroatoms. The van der Waals surface area contributed by atoms with E-state index in [1.807, 2.05) is 30.2 Å². The molecule has 0 bridgehead atoms. The summed E-state index contributed by atoms with van der Waals surface area (Å²) < 4.78 is 4.08. The van der Waals surface area contributed by atoms with Crippen molar-refractivity contribution >= 4 is 0 Å². The summed E-state index contributed by atoms with van der Waals surface area (Å²) in [5, 5.41) is 14.0. The third-order valence-electron chi connectivity index (χ3n) is 3.90. The Hall–Kier alpha value is -1.66. The fourth-order valence-electron chi connectivity index (χ4n) is 2.63. The van der Waals surface area contributed by atoms with Gasteiger partial charge in [-0.15, -0.1) is 0 Å². The Balaban J connectivity index is 1.62. The van der Waals surface area contributed by atoms with E-state index in [4.69, 9.17) is 0 Å². The minimum atomic E-state index is -0.492. The number of hydrogen-bond donors (Lipinski definition) is 1. The monoisotopic (exact) mass is 275 g/mol. The van der Waals surface area contributed by atoms with Crippen molar-refractivity contribution in [3.8, 4) is 0 Å². The molecule has 0 fully saturated rings. The van der Waals surface area contributed by atoms with Gasteiger partial charge in [0.05, 0.1) is 24.0 Å². The van der Waals surface area contributed by atoms with Gasteiger partial charge in [0.2, 0.25) is 0 Å². The predicted molar refractivity (Wildman–Crippen MR) is 75.0 cm³/mol. The summed E-state index contributed by atoms with van der Waals surface area (Å²) in [4.78, 5) is 6.77. The van der Waals surface area contributed by atoms with Gasteiger partial charge in [0.25, 0.3) is 0 Å². The second kappa shape index (κ2) is 5.38. The lowest BCUT2D eigenvalue weighted by atomic mass is 10.2. The van der Waals surface area contributed by atoms with Crippen LogP contribution in [0.1, 0.15) is 30.2 Å². The minimum absolute atomic E-state index is 0.492. The molecule has 1 atom stereocenters. The summed E-state index contributed by atoms with van der Waals surface area (Å²) in [6.07, 6.45) is 4.29. The first-order chi connectivity index (χ1) is 9.63. The van der Waals surface area contributed by atoms with E-state index in [9.17, 15) is 5.11 Å². The summed E-state index contributed by atoms with van der Waals surface area (Å²) in [6.45, 7) is 5.54. The van der Waals surface area contributed by atoms with Crippen LogP contribution in [0.4, 0.5) is 0 Å². The number of aliphatic hydroxyl groups is 1. The fraction of sp³-hybridized carbons (Fsp3) is 0.571. The molecule has 1 N–H and O–H groups in total. The van der Waals surface area contributed by atoms with Crippen molar-refractivity contribution < 1.29 is 5.11 Å². The quantitative estimate of drug-likeness (QED) is 0.893. The molecule has 6 nitrogen and oxygen atoms in total. The molecule has 1 aliphatic rings. The summed E-state index contributed by atoms with van der Waals surface area (Å²) in [6, 6.07) is 2.01. The first-order valence-corrected chi connectivity index (χ1v) is 7.06. The number of imidazole rings is 1. The van der Waals surface area contributed by atoms with E-state index in [1.54, 1.807) is 6.92 Å². The van der Waals surface area contributed by atoms with Crippen molar-refractivity contribution in [2.24, 2.45) is 7.05 Å². The van der Waals surface area contributed by atoms with Gasteiger partial charge in [0.1, 0.15) is 5.82 Å². The van der Waals surface area contributed by atoms with Crippen LogP contribution in [0.3, 0.4) is 0 Å². The van der Waals surface area contributed by atoms with Crippen LogP contribution in [-0.4, -0.2) is 42.4 Å². The van der Waals surface area contributed by atoms with Gasteiger partial charge in [0.15, 0.2) is 0 Å². The molecule has 0 spiro atoms. The topological polar surface area (TPSA) is 59.1 Å². The number of fused-ring (bicyclic) bond motifs is 1. The smallest absolute Gasteiger partial charge is 0.109 e. The Labute approximate surface area is 118 Å². The third kappa shape index (κ3) is 2.62. The summed E-state index contributed by atoms with van der Waals surface area (Å²) in [5.74, 6) is 1.12. The van der Waals surface area contributed by atoms with Crippen molar-refractivity contribution in [2.45, 2.75) is 32.5 Å². The summed E-state index contributed by atoms with van der Waals surface area (Å²) in [7, 11) is 2.03. The maximum absolute atomic E-state index is 9.60. The number of hydrogen-bond acceptors (Lipinski definition) is 4. The van der Waals surface area contributed by atoms with Crippen LogP contribution in [0.15, 0.2) is 18.5 Å². The average Bonchev–Trinajstić information content (AvgIpc) is 3.01. The number of rotatable bonds is 4. The Kier molecular flexibility index (Phi) is 3.58. The van der Waals surface area contributed by atoms with Crippen molar-refractivity contribution in [1.82, 2.24) is 24.2 Å². The lowest BCUT2D eigenvalue weighted by Crippen LogP contribution is -2.35. The SMILES string of the molecule is CC(O)c1cc2n(n1)CCN(CCc1nccn1C)C2. The Bertz CT molecular complexity index is 586. The molecule has 0 aromatic carbocycles. The highest BCUT2D eigenvalue weighted by Crippen LogP contribution is 2.17. The largest absolute Gasteiger partial charge is 0.387 e. The number of aryl methyl sites for hydroxylation is 1. The van der Waals surface area contributed by atoms with Crippen LogP contribution in [0.2, 0.25) is 0 Å². The maximum atomic E-state index is 9.60. The molecular formula is C14H21N5O. The van der Waals surface area contributed by atoms with Gasteiger partial charge in [-0.05, 0) is 13.0 Å². The van der Waals surface area contributed by atoms with Gasteiger partial charge in [-0.25, -0.2) is 4.98 Å². The van der Waals surface area contributed by atoms with E-state index in [-0.39, 0.29) is 0 Å². The standard InChI is InChI=1S/C14H21N5O/c1-11(20)13-9-12-10-18(7-8-19(12)16-13)5-3-14-15-4-6-17(14)2/h4,6,9,11,20H,3,5,7-8,10H2,1-2H3. The van der Waals surface area contributed by atoms with E-state index in [1.165, 1.54) is 5.69 Å². The maximum Gasteiger partial charge on any atom is 0.109 e. The second-order valence-electron chi connectivity index (χ2n) is 5.44.